The molecule has 160 valence electrons. The van der Waals surface area contributed by atoms with E-state index in [2.05, 4.69) is 25.8 Å². The van der Waals surface area contributed by atoms with E-state index < -0.39 is 0 Å². The van der Waals surface area contributed by atoms with E-state index in [1.807, 2.05) is 54.6 Å². The van der Waals surface area contributed by atoms with Crippen LogP contribution >= 0.6 is 0 Å². The molecule has 0 saturated heterocycles. The molecule has 4 nitrogen and oxygen atoms in total. The van der Waals surface area contributed by atoms with Gasteiger partial charge in [-0.1, -0.05) is 64.7 Å². The van der Waals surface area contributed by atoms with Crippen LogP contribution in [0.1, 0.15) is 63.7 Å². The summed E-state index contributed by atoms with van der Waals surface area (Å²) in [4.78, 5) is 16.3. The van der Waals surface area contributed by atoms with Crippen molar-refractivity contribution in [1.29, 1.82) is 0 Å². The summed E-state index contributed by atoms with van der Waals surface area (Å²) in [6.45, 7) is 8.35. The highest BCUT2D eigenvalue weighted by molar-refractivity contribution is 5.96. The second kappa shape index (κ2) is 12.0. The summed E-state index contributed by atoms with van der Waals surface area (Å²) >= 11 is 0. The molecule has 3 rings (SSSR count). The van der Waals surface area contributed by atoms with Crippen LogP contribution in [0.5, 0.6) is 5.75 Å². The zero-order valence-electron chi connectivity index (χ0n) is 18.8. The summed E-state index contributed by atoms with van der Waals surface area (Å²) < 4.78 is 10.9. The molecule has 0 radical (unpaired) electrons. The van der Waals surface area contributed by atoms with E-state index in [1.165, 1.54) is 32.6 Å². The van der Waals surface area contributed by atoms with Crippen LogP contribution in [0.3, 0.4) is 0 Å². The van der Waals surface area contributed by atoms with E-state index in [4.69, 9.17) is 9.15 Å². The maximum atomic E-state index is 11.9. The number of fused-ring (bicyclic) bond motifs is 1. The summed E-state index contributed by atoms with van der Waals surface area (Å²) in [6, 6.07) is 16.6. The number of hydrogen-bond acceptors (Lipinski definition) is 4. The van der Waals surface area contributed by atoms with Gasteiger partial charge in [-0.25, -0.2) is 4.99 Å². The standard InChI is InChI=1S/C18H15NO3.C8H18/c1-12(20)16-11-13-5-3-4-6-17(13)22-18(16)19-14-7-9-15(21-2)10-8-14;1-4-6-7-8(3)5-2/h3-11H,1-2H3;8H,4-7H2,1-3H3. The number of hydrogen-bond donors (Lipinski definition) is 0. The minimum absolute atomic E-state index is 0.0817. The molecule has 30 heavy (non-hydrogen) atoms. The zero-order valence-corrected chi connectivity index (χ0v) is 18.8. The number of rotatable bonds is 7. The van der Waals surface area contributed by atoms with Gasteiger partial charge in [0.1, 0.15) is 11.3 Å². The first kappa shape index (κ1) is 23.4. The van der Waals surface area contributed by atoms with Gasteiger partial charge in [0.15, 0.2) is 5.78 Å². The third-order valence-corrected chi connectivity index (χ3v) is 5.09. The van der Waals surface area contributed by atoms with Crippen molar-refractivity contribution in [3.8, 4) is 5.75 Å². The Bertz CT molecular complexity index is 1000. The summed E-state index contributed by atoms with van der Waals surface area (Å²) in [7, 11) is 1.61. The molecule has 0 fully saturated rings. The van der Waals surface area contributed by atoms with Gasteiger partial charge in [-0.3, -0.25) is 4.79 Å². The van der Waals surface area contributed by atoms with Crippen molar-refractivity contribution in [3.63, 3.8) is 0 Å². The van der Waals surface area contributed by atoms with Gasteiger partial charge in [0.05, 0.1) is 18.4 Å². The van der Waals surface area contributed by atoms with Crippen LogP contribution in [0.15, 0.2) is 64.0 Å². The molecule has 1 heterocycles. The first-order valence-corrected chi connectivity index (χ1v) is 10.7. The number of benzene rings is 2. The molecule has 0 aliphatic rings. The summed E-state index contributed by atoms with van der Waals surface area (Å²) in [5.74, 6) is 1.62. The minimum Gasteiger partial charge on any atom is -0.497 e. The molecule has 0 saturated carbocycles. The van der Waals surface area contributed by atoms with Gasteiger partial charge < -0.3 is 9.15 Å². The fraction of sp³-hybridized carbons (Fsp3) is 0.385. The maximum absolute atomic E-state index is 11.9. The van der Waals surface area contributed by atoms with Gasteiger partial charge in [0.2, 0.25) is 5.55 Å². The molecule has 1 aromatic heterocycles. The Hall–Kier alpha value is -2.88. The van der Waals surface area contributed by atoms with E-state index in [-0.39, 0.29) is 5.78 Å². The van der Waals surface area contributed by atoms with Crippen molar-refractivity contribution in [3.05, 3.63) is 65.7 Å². The quantitative estimate of drug-likeness (QED) is 0.393. The first-order chi connectivity index (χ1) is 14.5. The second-order valence-electron chi connectivity index (χ2n) is 7.52. The van der Waals surface area contributed by atoms with Crippen molar-refractivity contribution in [2.24, 2.45) is 10.9 Å². The van der Waals surface area contributed by atoms with Gasteiger partial charge in [0, 0.05) is 5.39 Å². The predicted molar refractivity (Wildman–Crippen MR) is 123 cm³/mol. The fourth-order valence-corrected chi connectivity index (χ4v) is 2.94. The van der Waals surface area contributed by atoms with Crippen LogP contribution in [0.2, 0.25) is 0 Å². The normalized spacial score (nSPS) is 12.2. The monoisotopic (exact) mass is 407 g/mol. The lowest BCUT2D eigenvalue weighted by atomic mass is 10.0. The van der Waals surface area contributed by atoms with Crippen molar-refractivity contribution < 1.29 is 13.9 Å². The topological polar surface area (TPSA) is 51.8 Å². The number of Topliss-reactive ketones (excluding diaryl/α,β-unsaturated/α-hetero) is 1. The number of nitrogens with zero attached hydrogens (tertiary/aromatic N) is 1. The smallest absolute Gasteiger partial charge is 0.230 e. The Balaban J connectivity index is 0.000000343. The molecule has 0 bridgehead atoms. The molecular weight excluding hydrogens is 374 g/mol. The minimum atomic E-state index is -0.0817. The molecule has 1 unspecified atom stereocenters. The Kier molecular flexibility index (Phi) is 9.33. The summed E-state index contributed by atoms with van der Waals surface area (Å²) in [5.41, 5.74) is 2.17. The molecule has 0 N–H and O–H groups in total. The predicted octanol–water partition coefficient (Wildman–Crippen LogP) is 7.10. The maximum Gasteiger partial charge on any atom is 0.230 e. The van der Waals surface area contributed by atoms with Crippen molar-refractivity contribution in [1.82, 2.24) is 0 Å². The number of unbranched alkanes of at least 4 members (excludes halogenated alkanes) is 1. The largest absolute Gasteiger partial charge is 0.497 e. The van der Waals surface area contributed by atoms with E-state index in [0.717, 1.165) is 17.1 Å². The average molecular weight is 408 g/mol. The third kappa shape index (κ3) is 6.87. The van der Waals surface area contributed by atoms with E-state index >= 15 is 0 Å². The van der Waals surface area contributed by atoms with Crippen molar-refractivity contribution in [2.75, 3.05) is 7.11 Å². The van der Waals surface area contributed by atoms with Crippen molar-refractivity contribution in [2.45, 2.75) is 53.4 Å². The lowest BCUT2D eigenvalue weighted by Gasteiger charge is -2.04. The zero-order chi connectivity index (χ0) is 21.9. The number of methoxy groups -OCH3 is 1. The van der Waals surface area contributed by atoms with Gasteiger partial charge in [-0.05, 0) is 49.2 Å². The molecule has 4 heteroatoms. The summed E-state index contributed by atoms with van der Waals surface area (Å²) in [6.07, 6.45) is 5.53. The summed E-state index contributed by atoms with van der Waals surface area (Å²) in [5, 5.41) is 0.876. The number of ketones is 1. The van der Waals surface area contributed by atoms with Crippen LogP contribution in [-0.2, 0) is 0 Å². The SMILES string of the molecule is CCCCC(C)CC.COc1ccc(N=c2oc3ccccc3cc2C(C)=O)cc1. The highest BCUT2D eigenvalue weighted by atomic mass is 16.5. The molecule has 0 amide bonds. The van der Waals surface area contributed by atoms with E-state index in [1.54, 1.807) is 7.11 Å². The van der Waals surface area contributed by atoms with Crippen LogP contribution in [-0.4, -0.2) is 12.9 Å². The van der Waals surface area contributed by atoms with Crippen molar-refractivity contribution >= 4 is 22.4 Å². The fourth-order valence-electron chi connectivity index (χ4n) is 2.94. The molecular formula is C26H33NO3. The molecule has 0 spiro atoms. The van der Waals surface area contributed by atoms with Gasteiger partial charge in [-0.15, -0.1) is 0 Å². The van der Waals surface area contributed by atoms with Crippen LogP contribution < -0.4 is 10.3 Å². The molecule has 2 aromatic carbocycles. The Morgan fingerprint density at radius 2 is 1.80 bits per heavy atom. The van der Waals surface area contributed by atoms with Gasteiger partial charge >= 0.3 is 0 Å². The lowest BCUT2D eigenvalue weighted by Crippen LogP contribution is -2.12. The molecule has 3 aromatic rings. The van der Waals surface area contributed by atoms with Crippen LogP contribution in [0.25, 0.3) is 11.0 Å². The Labute approximate surface area is 179 Å². The van der Waals surface area contributed by atoms with Crippen LogP contribution in [0.4, 0.5) is 5.69 Å². The number of carbonyl (C=O) groups is 1. The van der Waals surface area contributed by atoms with Gasteiger partial charge in [0.25, 0.3) is 0 Å². The number of para-hydroxylation sites is 1. The lowest BCUT2D eigenvalue weighted by molar-refractivity contribution is 0.101. The highest BCUT2D eigenvalue weighted by Gasteiger charge is 2.08. The average Bonchev–Trinajstić information content (AvgIpc) is 2.77. The van der Waals surface area contributed by atoms with E-state index in [9.17, 15) is 4.79 Å². The molecule has 0 aliphatic heterocycles. The Morgan fingerprint density at radius 1 is 1.10 bits per heavy atom. The number of carbonyl (C=O) groups excluding carboxylic acids is 1. The second-order valence-corrected chi connectivity index (χ2v) is 7.52. The first-order valence-electron chi connectivity index (χ1n) is 10.7. The third-order valence-electron chi connectivity index (χ3n) is 5.09. The molecule has 0 aliphatic carbocycles. The van der Waals surface area contributed by atoms with E-state index in [0.29, 0.717) is 22.4 Å². The molecule has 1 atom stereocenters. The Morgan fingerprint density at radius 3 is 2.40 bits per heavy atom. The van der Waals surface area contributed by atoms with Gasteiger partial charge in [-0.2, -0.15) is 0 Å². The van der Waals surface area contributed by atoms with Crippen LogP contribution in [0, 0.1) is 5.92 Å². The highest BCUT2D eigenvalue weighted by Crippen LogP contribution is 2.18. The number of ether oxygens (including phenoxy) is 1.